The van der Waals surface area contributed by atoms with E-state index < -0.39 is 34.1 Å². The predicted molar refractivity (Wildman–Crippen MR) is 93.6 cm³/mol. The van der Waals surface area contributed by atoms with Gasteiger partial charge in [0.25, 0.3) is 0 Å². The van der Waals surface area contributed by atoms with Gasteiger partial charge in [0.2, 0.25) is 15.9 Å². The number of carbonyl (C=O) groups excluding carboxylic acids is 1. The average Bonchev–Trinajstić information content (AvgIpc) is 2.55. The average molecular weight is 433 g/mol. The minimum Gasteiger partial charge on any atom is -0.322 e. The minimum atomic E-state index is -3.97. The molecule has 0 saturated heterocycles. The molecule has 2 aromatic carbocycles. The Balaban J connectivity index is 2.15. The summed E-state index contributed by atoms with van der Waals surface area (Å²) in [6.07, 6.45) is 0. The number of halogens is 3. The van der Waals surface area contributed by atoms with Gasteiger partial charge in [0.1, 0.15) is 11.6 Å². The summed E-state index contributed by atoms with van der Waals surface area (Å²) in [6.45, 7) is 1.09. The first-order chi connectivity index (χ1) is 11.7. The summed E-state index contributed by atoms with van der Waals surface area (Å²) in [5.74, 6) is -1.90. The smallest absolute Gasteiger partial charge is 0.243 e. The maximum Gasteiger partial charge on any atom is 0.243 e. The van der Waals surface area contributed by atoms with Crippen molar-refractivity contribution in [2.24, 2.45) is 0 Å². The van der Waals surface area contributed by atoms with Gasteiger partial charge >= 0.3 is 0 Å². The van der Waals surface area contributed by atoms with E-state index >= 15 is 0 Å². The zero-order valence-electron chi connectivity index (χ0n) is 13.2. The number of nitrogens with zero attached hydrogens (tertiary/aromatic N) is 1. The largest absolute Gasteiger partial charge is 0.322 e. The van der Waals surface area contributed by atoms with Crippen LogP contribution in [-0.2, 0) is 14.8 Å². The summed E-state index contributed by atoms with van der Waals surface area (Å²) in [5, 5.41) is 2.33. The first-order valence-electron chi connectivity index (χ1n) is 7.24. The van der Waals surface area contributed by atoms with Gasteiger partial charge in [-0.15, -0.1) is 0 Å². The number of hydrogen-bond acceptors (Lipinski definition) is 3. The number of sulfonamides is 1. The van der Waals surface area contributed by atoms with Gasteiger partial charge in [-0.3, -0.25) is 4.79 Å². The van der Waals surface area contributed by atoms with Crippen LogP contribution in [-0.4, -0.2) is 31.7 Å². The van der Waals surface area contributed by atoms with Crippen LogP contribution in [0.5, 0.6) is 0 Å². The van der Waals surface area contributed by atoms with Crippen molar-refractivity contribution in [1.29, 1.82) is 0 Å². The molecular formula is C16H15BrF2N2O3S. The highest BCUT2D eigenvalue weighted by Crippen LogP contribution is 2.20. The molecule has 5 nitrogen and oxygen atoms in total. The van der Waals surface area contributed by atoms with Gasteiger partial charge in [-0.25, -0.2) is 17.2 Å². The molecule has 0 aliphatic heterocycles. The van der Waals surface area contributed by atoms with Crippen molar-refractivity contribution in [3.8, 4) is 0 Å². The normalized spacial score (nSPS) is 11.6. The number of carbonyl (C=O) groups is 1. The maximum atomic E-state index is 13.8. The third-order valence-corrected chi connectivity index (χ3v) is 5.76. The molecule has 0 aromatic heterocycles. The lowest BCUT2D eigenvalue weighted by atomic mass is 10.3. The van der Waals surface area contributed by atoms with E-state index in [1.165, 1.54) is 12.1 Å². The van der Waals surface area contributed by atoms with Crippen molar-refractivity contribution in [1.82, 2.24) is 4.31 Å². The Labute approximate surface area is 152 Å². The molecule has 0 aliphatic carbocycles. The topological polar surface area (TPSA) is 66.5 Å². The van der Waals surface area contributed by atoms with Gasteiger partial charge in [-0.05, 0) is 42.5 Å². The Hall–Kier alpha value is -1.84. The zero-order chi connectivity index (χ0) is 18.6. The van der Waals surface area contributed by atoms with Crippen molar-refractivity contribution in [2.45, 2.75) is 11.8 Å². The fraction of sp³-hybridized carbons (Fsp3) is 0.188. The molecule has 0 saturated carbocycles. The van der Waals surface area contributed by atoms with E-state index in [1.807, 2.05) is 0 Å². The van der Waals surface area contributed by atoms with Gasteiger partial charge in [0, 0.05) is 11.0 Å². The zero-order valence-corrected chi connectivity index (χ0v) is 15.6. The van der Waals surface area contributed by atoms with Gasteiger partial charge in [0.15, 0.2) is 0 Å². The number of amides is 1. The summed E-state index contributed by atoms with van der Waals surface area (Å²) in [6, 6.07) is 8.39. The number of rotatable bonds is 6. The Morgan fingerprint density at radius 2 is 1.80 bits per heavy atom. The highest BCUT2D eigenvalue weighted by atomic mass is 79.9. The van der Waals surface area contributed by atoms with E-state index in [9.17, 15) is 22.0 Å². The number of anilines is 1. The second-order valence-corrected chi connectivity index (χ2v) is 7.91. The lowest BCUT2D eigenvalue weighted by Crippen LogP contribution is -2.37. The van der Waals surface area contributed by atoms with E-state index in [-0.39, 0.29) is 17.1 Å². The molecule has 0 fully saturated rings. The van der Waals surface area contributed by atoms with Crippen LogP contribution in [0.3, 0.4) is 0 Å². The lowest BCUT2D eigenvalue weighted by Gasteiger charge is -2.20. The van der Waals surface area contributed by atoms with E-state index in [4.69, 9.17) is 0 Å². The maximum absolute atomic E-state index is 13.8. The van der Waals surface area contributed by atoms with Crippen molar-refractivity contribution in [3.63, 3.8) is 0 Å². The van der Waals surface area contributed by atoms with Gasteiger partial charge in [-0.1, -0.05) is 22.9 Å². The third-order valence-electron chi connectivity index (χ3n) is 3.33. The molecule has 0 atom stereocenters. The molecule has 2 aromatic rings. The highest BCUT2D eigenvalue weighted by Gasteiger charge is 2.25. The van der Waals surface area contributed by atoms with Crippen LogP contribution < -0.4 is 5.32 Å². The molecule has 0 radical (unpaired) electrons. The molecule has 0 unspecified atom stereocenters. The van der Waals surface area contributed by atoms with Crippen LogP contribution in [0.1, 0.15) is 6.92 Å². The molecule has 1 amide bonds. The van der Waals surface area contributed by atoms with Gasteiger partial charge < -0.3 is 5.32 Å². The van der Waals surface area contributed by atoms with Crippen LogP contribution in [0.2, 0.25) is 0 Å². The van der Waals surface area contributed by atoms with Crippen LogP contribution >= 0.6 is 15.9 Å². The summed E-state index contributed by atoms with van der Waals surface area (Å²) < 4.78 is 53.2. The van der Waals surface area contributed by atoms with E-state index in [0.717, 1.165) is 28.6 Å². The monoisotopic (exact) mass is 432 g/mol. The number of nitrogens with one attached hydrogen (secondary N) is 1. The summed E-state index contributed by atoms with van der Waals surface area (Å²) in [7, 11) is -3.97. The Morgan fingerprint density at radius 3 is 2.36 bits per heavy atom. The van der Waals surface area contributed by atoms with Crippen LogP contribution in [0.4, 0.5) is 14.5 Å². The quantitative estimate of drug-likeness (QED) is 0.760. The number of likely N-dealkylation sites (N-methyl/N-ethyl adjacent to an activating group) is 1. The summed E-state index contributed by atoms with van der Waals surface area (Å²) >= 11 is 3.10. The predicted octanol–water partition coefficient (Wildman–Crippen LogP) is 3.38. The first kappa shape index (κ1) is 19.5. The van der Waals surface area contributed by atoms with Gasteiger partial charge in [-0.2, -0.15) is 4.31 Å². The third kappa shape index (κ3) is 4.83. The van der Waals surface area contributed by atoms with Crippen molar-refractivity contribution >= 4 is 37.5 Å². The highest BCUT2D eigenvalue weighted by molar-refractivity contribution is 9.10. The van der Waals surface area contributed by atoms with E-state index in [0.29, 0.717) is 4.47 Å². The standard InChI is InChI=1S/C16H15BrF2N2O3S/c1-2-21(25(23,24)13-6-4-12(18)5-7-13)10-16(22)20-15-8-3-11(17)9-14(15)19/h3-9H,2,10H2,1H3,(H,20,22). The van der Waals surface area contributed by atoms with Gasteiger partial charge in [0.05, 0.1) is 17.1 Å². The molecule has 25 heavy (non-hydrogen) atoms. The fourth-order valence-corrected chi connectivity index (χ4v) is 3.80. The molecule has 9 heteroatoms. The molecule has 0 aliphatic rings. The lowest BCUT2D eigenvalue weighted by molar-refractivity contribution is -0.116. The minimum absolute atomic E-state index is 0.0238. The molecule has 0 bridgehead atoms. The second kappa shape index (κ2) is 8.03. The number of hydrogen-bond donors (Lipinski definition) is 1. The molecule has 134 valence electrons. The second-order valence-electron chi connectivity index (χ2n) is 5.06. The molecular weight excluding hydrogens is 418 g/mol. The Morgan fingerprint density at radius 1 is 1.16 bits per heavy atom. The Kier molecular flexibility index (Phi) is 6.26. The summed E-state index contributed by atoms with van der Waals surface area (Å²) in [5.41, 5.74) is -0.0524. The first-order valence-corrected chi connectivity index (χ1v) is 9.48. The molecule has 2 rings (SSSR count). The van der Waals surface area contributed by atoms with Crippen LogP contribution in [0, 0.1) is 11.6 Å². The van der Waals surface area contributed by atoms with Crippen molar-refractivity contribution in [2.75, 3.05) is 18.4 Å². The number of benzene rings is 2. The van der Waals surface area contributed by atoms with E-state index in [2.05, 4.69) is 21.2 Å². The SMILES string of the molecule is CCN(CC(=O)Nc1ccc(Br)cc1F)S(=O)(=O)c1ccc(F)cc1. The van der Waals surface area contributed by atoms with E-state index in [1.54, 1.807) is 13.0 Å². The molecule has 0 spiro atoms. The summed E-state index contributed by atoms with van der Waals surface area (Å²) in [4.78, 5) is 12.0. The Bertz CT molecular complexity index is 873. The molecule has 0 heterocycles. The van der Waals surface area contributed by atoms with Crippen molar-refractivity contribution < 1.29 is 22.0 Å². The van der Waals surface area contributed by atoms with Crippen LogP contribution in [0.25, 0.3) is 0 Å². The van der Waals surface area contributed by atoms with Crippen molar-refractivity contribution in [3.05, 3.63) is 58.6 Å². The fourth-order valence-electron chi connectivity index (χ4n) is 2.06. The molecule has 1 N–H and O–H groups in total. The van der Waals surface area contributed by atoms with Crippen LogP contribution in [0.15, 0.2) is 51.8 Å².